The number of piperidine rings is 2. The second-order valence-corrected chi connectivity index (χ2v) is 51.2. The lowest BCUT2D eigenvalue weighted by atomic mass is 10.0. The number of piperazine rings is 3. The van der Waals surface area contributed by atoms with Crippen molar-refractivity contribution >= 4 is 33.5 Å². The molecule has 0 aromatic rings. The zero-order chi connectivity index (χ0) is 92.3. The van der Waals surface area contributed by atoms with Gasteiger partial charge in [0, 0.05) is 235 Å². The van der Waals surface area contributed by atoms with E-state index in [-0.39, 0.29) is 5.54 Å². The van der Waals surface area contributed by atoms with E-state index in [4.69, 9.17) is 4.74 Å². The molecule has 4 N–H and O–H groups in total. The quantitative estimate of drug-likeness (QED) is 0.198. The van der Waals surface area contributed by atoms with Crippen LogP contribution in [0.4, 0.5) is 0 Å². The molecule has 120 heavy (non-hydrogen) atoms. The summed E-state index contributed by atoms with van der Waals surface area (Å²) in [5, 5.41) is 12.1. The molecule has 0 aromatic carbocycles. The average Bonchev–Trinajstić information content (AvgIpc) is 0.956. The van der Waals surface area contributed by atoms with Crippen LogP contribution in [-0.2, 0) is 14.8 Å². The Morgan fingerprint density at radius 3 is 0.700 bits per heavy atom. The molecule has 12 rings (SSSR count). The van der Waals surface area contributed by atoms with Crippen LogP contribution in [0, 0.1) is 5.92 Å². The van der Waals surface area contributed by atoms with Crippen molar-refractivity contribution in [2.45, 2.75) is 374 Å². The first kappa shape index (κ1) is 120. The van der Waals surface area contributed by atoms with Crippen molar-refractivity contribution in [1.82, 2.24) is 84.6 Å². The molecule has 0 atom stereocenters. The van der Waals surface area contributed by atoms with Crippen LogP contribution < -0.4 is 21.4 Å². The molecular formula is C97H213N17O3S3. The highest BCUT2D eigenvalue weighted by atomic mass is 32.2. The lowest BCUT2D eigenvalue weighted by molar-refractivity contribution is 0.0690. The SMILES string of the molecule is C1COCCN1.CC(C)(C)N1CCC1.CC(C)(C)N1CCCC1.CC(C)(C)N1CCCCC1.CC(C)(C)N1CCCCC1.CC(C)(C)N1CCCN1.CC(C)(C)N1CCN(S(C)(=O)=O)CC1.CC(C)(C)N1CCNC1.CC(C)(C)N1CCNCC1.CC(C)(C)N1CCSCC1.CC(C)(C)N1CCSCC1.CC(C)C.CN1CCN(C(C)(C)C)CC1. The molecule has 0 unspecified atom stereocenters. The Balaban J connectivity index is 0.00000129. The predicted octanol–water partition coefficient (Wildman–Crippen LogP) is 16.6. The van der Waals surface area contributed by atoms with Gasteiger partial charge in [0.2, 0.25) is 10.0 Å². The summed E-state index contributed by atoms with van der Waals surface area (Å²) in [7, 11) is -0.794. The molecule has 0 bridgehead atoms. The minimum atomic E-state index is -2.99. The molecule has 0 aromatic heterocycles. The van der Waals surface area contributed by atoms with Crippen LogP contribution >= 0.6 is 23.5 Å². The van der Waals surface area contributed by atoms with Gasteiger partial charge in [-0.1, -0.05) is 33.6 Å². The van der Waals surface area contributed by atoms with Gasteiger partial charge >= 0.3 is 0 Å². The zero-order valence-electron chi connectivity index (χ0n) is 87.6. The molecule has 12 heterocycles. The molecular weight excluding hydrogens is 1550 g/mol. The normalized spacial score (nSPS) is 22.7. The molecule has 12 aliphatic rings. The lowest BCUT2D eigenvalue weighted by Crippen LogP contribution is -2.54. The Bertz CT molecular complexity index is 2310. The fraction of sp³-hybridized carbons (Fsp3) is 1.00. The molecule has 722 valence electrons. The molecule has 23 heteroatoms. The van der Waals surface area contributed by atoms with Crippen LogP contribution in [0.25, 0.3) is 0 Å². The smallest absolute Gasteiger partial charge is 0.211 e. The van der Waals surface area contributed by atoms with Crippen molar-refractivity contribution in [3.8, 4) is 0 Å². The van der Waals surface area contributed by atoms with Crippen molar-refractivity contribution < 1.29 is 13.2 Å². The average molecular weight is 1760 g/mol. The fourth-order valence-electron chi connectivity index (χ4n) is 15.2. The number of morpholine rings is 1. The van der Waals surface area contributed by atoms with E-state index in [1.165, 1.54) is 224 Å². The number of hydrogen-bond donors (Lipinski definition) is 4. The largest absolute Gasteiger partial charge is 0.379 e. The van der Waals surface area contributed by atoms with Crippen LogP contribution in [0.2, 0.25) is 0 Å². The van der Waals surface area contributed by atoms with E-state index >= 15 is 0 Å². The van der Waals surface area contributed by atoms with Gasteiger partial charge in [-0.3, -0.25) is 54.4 Å². The maximum atomic E-state index is 11.3. The van der Waals surface area contributed by atoms with Gasteiger partial charge in [-0.2, -0.15) is 27.8 Å². The van der Waals surface area contributed by atoms with E-state index in [0.717, 1.165) is 78.2 Å². The van der Waals surface area contributed by atoms with Crippen LogP contribution in [-0.4, -0.2) is 385 Å². The summed E-state index contributed by atoms with van der Waals surface area (Å²) in [5.74, 6) is 6.10. The first-order valence-electron chi connectivity index (χ1n) is 48.4. The number of nitrogens with zero attached hydrogens (tertiary/aromatic N) is 13. The minimum Gasteiger partial charge on any atom is -0.379 e. The summed E-state index contributed by atoms with van der Waals surface area (Å²) in [5.41, 5.74) is 7.28. The number of nitrogens with one attached hydrogen (secondary N) is 4. The van der Waals surface area contributed by atoms with Crippen LogP contribution in [0.5, 0.6) is 0 Å². The van der Waals surface area contributed by atoms with Crippen LogP contribution in [0.3, 0.4) is 0 Å². The van der Waals surface area contributed by atoms with Gasteiger partial charge in [0.05, 0.1) is 19.5 Å². The molecule has 0 radical (unpaired) electrons. The maximum absolute atomic E-state index is 11.3. The third-order valence-corrected chi connectivity index (χ3v) is 27.1. The molecule has 20 nitrogen and oxygen atoms in total. The van der Waals surface area contributed by atoms with Gasteiger partial charge < -0.3 is 25.6 Å². The van der Waals surface area contributed by atoms with E-state index in [1.807, 2.05) is 0 Å². The molecule has 12 aliphatic heterocycles. The summed E-state index contributed by atoms with van der Waals surface area (Å²) >= 11 is 4.15. The van der Waals surface area contributed by atoms with Gasteiger partial charge in [-0.05, 0) is 345 Å². The van der Waals surface area contributed by atoms with Crippen molar-refractivity contribution in [2.75, 3.05) is 253 Å². The molecule has 0 aliphatic carbocycles. The highest BCUT2D eigenvalue weighted by molar-refractivity contribution is 7.99. The van der Waals surface area contributed by atoms with E-state index in [1.54, 1.807) is 4.31 Å². The summed E-state index contributed by atoms with van der Waals surface area (Å²) in [6.45, 7) is 119. The Morgan fingerprint density at radius 2 is 0.517 bits per heavy atom. The van der Waals surface area contributed by atoms with E-state index in [2.05, 4.69) is 360 Å². The second-order valence-electron chi connectivity index (χ2n) is 46.8. The van der Waals surface area contributed by atoms with Gasteiger partial charge in [0.15, 0.2) is 0 Å². The van der Waals surface area contributed by atoms with Crippen LogP contribution in [0.1, 0.15) is 313 Å². The van der Waals surface area contributed by atoms with Crippen molar-refractivity contribution in [2.24, 2.45) is 5.92 Å². The zero-order valence-corrected chi connectivity index (χ0v) is 90.0. The minimum absolute atomic E-state index is 0.142. The Kier molecular flexibility index (Phi) is 58.6. The standard InChI is InChI=1S/C9H20N2O2S.C9H20N2.2C9H19N.C8H18N2.2C8H17NS.C8H17N.2C7H16N2.C7H15N.C4H9NO.C4H10/c1-9(2,3)10-5-7-11(8-6-10)14(4,12)13;1-9(2,3)11-7-5-10(4)6-8-11;2*1-9(2,3)10-7-5-4-6-8-10;1-8(2,3)10-6-4-9-5-7-10;2*1-8(2,3)9-4-6-10-7-5-9;1-8(2,3)9-6-4-5-7-9;1-7(2,3)9-5-4-8-6-9;1-7(2,3)9-6-4-5-8-9;1-7(2,3)8-5-4-6-8;1-3-6-4-2-5-1;1-4(2)3/h5-8H2,1-4H3;5-8H2,1-4H3;2*4-8H2,1-3H3;9H,4-7H2,1-3H3;2*4-7H2,1-3H3;4-7H2,1-3H3;2*8H,4-6H2,1-3H3;4-6H2,1-3H3;5H,1-4H2;4H,1-3H3. The second kappa shape index (κ2) is 58.7. The number of ether oxygens (including phenoxy) is 1. The number of likely N-dealkylation sites (N-methyl/N-ethyl adjacent to an activating group) is 1. The third-order valence-electron chi connectivity index (χ3n) is 23.9. The topological polar surface area (TPSA) is 134 Å². The van der Waals surface area contributed by atoms with E-state index < -0.39 is 10.0 Å². The predicted molar refractivity (Wildman–Crippen MR) is 538 cm³/mol. The highest BCUT2D eigenvalue weighted by Crippen LogP contribution is 2.26. The number of hydrazine groups is 1. The Morgan fingerprint density at radius 1 is 0.267 bits per heavy atom. The van der Waals surface area contributed by atoms with Gasteiger partial charge in [-0.25, -0.2) is 13.4 Å². The molecule has 0 amide bonds. The summed E-state index contributed by atoms with van der Waals surface area (Å²) < 4.78 is 29.1. The fourth-order valence-corrected chi connectivity index (χ4v) is 17.8. The monoisotopic (exact) mass is 1760 g/mol. The summed E-state index contributed by atoms with van der Waals surface area (Å²) in [6.07, 6.45) is 15.2. The number of thioether (sulfide) groups is 2. The number of rotatable bonds is 1. The number of sulfonamides is 1. The van der Waals surface area contributed by atoms with Crippen molar-refractivity contribution in [1.29, 1.82) is 0 Å². The first-order valence-corrected chi connectivity index (χ1v) is 52.6. The number of likely N-dealkylation sites (tertiary alicyclic amines) is 4. The third kappa shape index (κ3) is 59.3. The van der Waals surface area contributed by atoms with Crippen molar-refractivity contribution in [3.05, 3.63) is 0 Å². The van der Waals surface area contributed by atoms with E-state index in [0.29, 0.717) is 68.5 Å². The molecule has 0 spiro atoms. The lowest BCUT2D eigenvalue weighted by Gasteiger charge is -2.42. The van der Waals surface area contributed by atoms with E-state index in [9.17, 15) is 8.42 Å². The maximum Gasteiger partial charge on any atom is 0.211 e. The number of hydrogen-bond acceptors (Lipinski definition) is 21. The van der Waals surface area contributed by atoms with Gasteiger partial charge in [0.25, 0.3) is 0 Å². The Hall–Kier alpha value is -0.0700. The van der Waals surface area contributed by atoms with Gasteiger partial charge in [0.1, 0.15) is 0 Å². The van der Waals surface area contributed by atoms with Crippen LogP contribution in [0.15, 0.2) is 0 Å². The molecule has 12 fully saturated rings. The molecule has 0 saturated carbocycles. The van der Waals surface area contributed by atoms with Gasteiger partial charge in [-0.15, -0.1) is 0 Å². The summed E-state index contributed by atoms with van der Waals surface area (Å²) in [6, 6.07) is 0. The van der Waals surface area contributed by atoms with Crippen molar-refractivity contribution in [3.63, 3.8) is 0 Å². The highest BCUT2D eigenvalue weighted by Gasteiger charge is 2.33. The first-order chi connectivity index (χ1) is 54.9. The molecule has 12 saturated heterocycles. The Labute approximate surface area is 759 Å². The summed E-state index contributed by atoms with van der Waals surface area (Å²) in [4.78, 5) is 27.5.